The number of hydrogen-bond donors (Lipinski definition) is 1. The summed E-state index contributed by atoms with van der Waals surface area (Å²) in [6, 6.07) is 10.5. The van der Waals surface area contributed by atoms with Crippen molar-refractivity contribution in [3.63, 3.8) is 0 Å². The highest BCUT2D eigenvalue weighted by Crippen LogP contribution is 2.19. The molecule has 1 heterocycles. The smallest absolute Gasteiger partial charge is 0.243 e. The molecular formula is C17H19FN2O5S2. The zero-order valence-corrected chi connectivity index (χ0v) is 16.0. The summed E-state index contributed by atoms with van der Waals surface area (Å²) in [5.41, 5.74) is 0.603. The number of benzene rings is 2. The molecule has 27 heavy (non-hydrogen) atoms. The van der Waals surface area contributed by atoms with Crippen LogP contribution in [0.1, 0.15) is 5.56 Å². The van der Waals surface area contributed by atoms with Crippen molar-refractivity contribution in [2.24, 2.45) is 0 Å². The number of halogens is 1. The van der Waals surface area contributed by atoms with Crippen LogP contribution >= 0.6 is 0 Å². The summed E-state index contributed by atoms with van der Waals surface area (Å²) in [6.07, 6.45) is 0. The lowest BCUT2D eigenvalue weighted by atomic mass is 10.2. The van der Waals surface area contributed by atoms with Crippen LogP contribution in [0.25, 0.3) is 0 Å². The van der Waals surface area contributed by atoms with Gasteiger partial charge in [0.2, 0.25) is 20.0 Å². The Bertz CT molecular complexity index is 985. The third kappa shape index (κ3) is 4.71. The summed E-state index contributed by atoms with van der Waals surface area (Å²) in [5, 5.41) is 0. The van der Waals surface area contributed by atoms with E-state index < -0.39 is 25.9 Å². The van der Waals surface area contributed by atoms with E-state index in [-0.39, 0.29) is 29.4 Å². The molecule has 0 atom stereocenters. The van der Waals surface area contributed by atoms with Gasteiger partial charge in [-0.15, -0.1) is 0 Å². The van der Waals surface area contributed by atoms with Crippen molar-refractivity contribution in [3.05, 3.63) is 59.9 Å². The van der Waals surface area contributed by atoms with Crippen molar-refractivity contribution >= 4 is 20.0 Å². The fourth-order valence-electron chi connectivity index (χ4n) is 2.59. The molecule has 0 saturated carbocycles. The molecule has 3 rings (SSSR count). The molecule has 0 amide bonds. The van der Waals surface area contributed by atoms with Crippen LogP contribution in [-0.4, -0.2) is 47.4 Å². The molecule has 0 aliphatic carbocycles. The van der Waals surface area contributed by atoms with Gasteiger partial charge in [-0.3, -0.25) is 0 Å². The third-order valence-corrected chi connectivity index (χ3v) is 7.45. The fraction of sp³-hybridized carbons (Fsp3) is 0.294. The zero-order valence-electron chi connectivity index (χ0n) is 14.3. The number of hydrogen-bond acceptors (Lipinski definition) is 5. The number of sulfonamides is 2. The minimum atomic E-state index is -3.83. The molecule has 1 aliphatic rings. The maximum atomic E-state index is 12.9. The maximum absolute atomic E-state index is 12.9. The molecule has 1 aliphatic heterocycles. The molecule has 2 aromatic rings. The average Bonchev–Trinajstić information content (AvgIpc) is 2.68. The minimum Gasteiger partial charge on any atom is -0.379 e. The lowest BCUT2D eigenvalue weighted by molar-refractivity contribution is 0.0730. The maximum Gasteiger partial charge on any atom is 0.243 e. The first-order valence-electron chi connectivity index (χ1n) is 8.21. The van der Waals surface area contributed by atoms with Crippen LogP contribution < -0.4 is 4.72 Å². The molecule has 146 valence electrons. The second-order valence-electron chi connectivity index (χ2n) is 5.94. The summed E-state index contributed by atoms with van der Waals surface area (Å²) >= 11 is 0. The number of morpholine rings is 1. The average molecular weight is 414 g/mol. The van der Waals surface area contributed by atoms with Gasteiger partial charge in [-0.25, -0.2) is 25.9 Å². The lowest BCUT2D eigenvalue weighted by Gasteiger charge is -2.26. The minimum absolute atomic E-state index is 0.00353. The summed E-state index contributed by atoms with van der Waals surface area (Å²) in [6.45, 7) is 1.19. The summed E-state index contributed by atoms with van der Waals surface area (Å²) in [5.74, 6) is -0.404. The first kappa shape index (κ1) is 19.9. The number of ether oxygens (including phenoxy) is 1. The molecule has 10 heteroatoms. The van der Waals surface area contributed by atoms with Crippen LogP contribution in [0.4, 0.5) is 4.39 Å². The summed E-state index contributed by atoms with van der Waals surface area (Å²) < 4.78 is 71.6. The predicted molar refractivity (Wildman–Crippen MR) is 96.4 cm³/mol. The molecule has 0 radical (unpaired) electrons. The Balaban J connectivity index is 1.72. The van der Waals surface area contributed by atoms with E-state index in [9.17, 15) is 21.2 Å². The highest BCUT2D eigenvalue weighted by molar-refractivity contribution is 7.89. The fourth-order valence-corrected chi connectivity index (χ4v) is 5.02. The Kier molecular flexibility index (Phi) is 5.92. The quantitative estimate of drug-likeness (QED) is 0.770. The second kappa shape index (κ2) is 8.03. The van der Waals surface area contributed by atoms with E-state index in [2.05, 4.69) is 4.72 Å². The third-order valence-electron chi connectivity index (χ3n) is 4.12. The van der Waals surface area contributed by atoms with E-state index in [4.69, 9.17) is 4.74 Å². The molecule has 0 unspecified atom stereocenters. The molecule has 7 nitrogen and oxygen atoms in total. The van der Waals surface area contributed by atoms with E-state index in [1.165, 1.54) is 52.8 Å². The van der Waals surface area contributed by atoms with Crippen molar-refractivity contribution in [1.82, 2.24) is 9.03 Å². The highest BCUT2D eigenvalue weighted by atomic mass is 32.2. The normalized spacial score (nSPS) is 16.3. The number of rotatable bonds is 6. The monoisotopic (exact) mass is 414 g/mol. The molecule has 1 fully saturated rings. The van der Waals surface area contributed by atoms with Crippen LogP contribution in [0, 0.1) is 5.82 Å². The number of nitrogens with one attached hydrogen (secondary N) is 1. The lowest BCUT2D eigenvalue weighted by Crippen LogP contribution is -2.40. The standard InChI is InChI=1S/C17H19FN2O5S2/c18-15-3-1-14(2-4-15)13-19-26(21,22)16-5-7-17(8-6-16)27(23,24)20-9-11-25-12-10-20/h1-8,19H,9-13H2. The Morgan fingerprint density at radius 1 is 0.889 bits per heavy atom. The van der Waals surface area contributed by atoms with Crippen LogP contribution in [0.3, 0.4) is 0 Å². The Hall–Kier alpha value is -1.85. The van der Waals surface area contributed by atoms with Crippen molar-refractivity contribution in [1.29, 1.82) is 0 Å². The SMILES string of the molecule is O=S(=O)(NCc1ccc(F)cc1)c1ccc(S(=O)(=O)N2CCOCC2)cc1. The van der Waals surface area contributed by atoms with Crippen molar-refractivity contribution < 1.29 is 26.0 Å². The van der Waals surface area contributed by atoms with Gasteiger partial charge in [0, 0.05) is 19.6 Å². The van der Waals surface area contributed by atoms with Crippen LogP contribution in [-0.2, 0) is 31.3 Å². The molecule has 2 aromatic carbocycles. The van der Waals surface area contributed by atoms with Gasteiger partial charge in [0.15, 0.2) is 0 Å². The van der Waals surface area contributed by atoms with Crippen molar-refractivity contribution in [2.45, 2.75) is 16.3 Å². The molecule has 0 bridgehead atoms. The van der Waals surface area contributed by atoms with Crippen molar-refractivity contribution in [2.75, 3.05) is 26.3 Å². The van der Waals surface area contributed by atoms with Gasteiger partial charge in [-0.1, -0.05) is 12.1 Å². The van der Waals surface area contributed by atoms with Gasteiger partial charge < -0.3 is 4.74 Å². The Labute approximate surface area is 157 Å². The van der Waals surface area contributed by atoms with Gasteiger partial charge in [-0.05, 0) is 42.0 Å². The largest absolute Gasteiger partial charge is 0.379 e. The molecule has 0 aromatic heterocycles. The Morgan fingerprint density at radius 2 is 1.44 bits per heavy atom. The zero-order chi connectivity index (χ0) is 19.5. The predicted octanol–water partition coefficient (Wildman–Crippen LogP) is 1.33. The van der Waals surface area contributed by atoms with E-state index in [0.717, 1.165) is 0 Å². The van der Waals surface area contributed by atoms with E-state index in [1.807, 2.05) is 0 Å². The van der Waals surface area contributed by atoms with Gasteiger partial charge in [-0.2, -0.15) is 4.31 Å². The van der Waals surface area contributed by atoms with Gasteiger partial charge in [0.1, 0.15) is 5.82 Å². The first-order chi connectivity index (χ1) is 12.8. The second-order valence-corrected chi connectivity index (χ2v) is 9.64. The van der Waals surface area contributed by atoms with Crippen molar-refractivity contribution in [3.8, 4) is 0 Å². The van der Waals surface area contributed by atoms with E-state index in [0.29, 0.717) is 18.8 Å². The van der Waals surface area contributed by atoms with Crippen LogP contribution in [0.5, 0.6) is 0 Å². The molecular weight excluding hydrogens is 395 g/mol. The summed E-state index contributed by atoms with van der Waals surface area (Å²) in [4.78, 5) is -0.0209. The molecule has 1 saturated heterocycles. The topological polar surface area (TPSA) is 92.8 Å². The van der Waals surface area contributed by atoms with Gasteiger partial charge in [0.25, 0.3) is 0 Å². The first-order valence-corrected chi connectivity index (χ1v) is 11.1. The molecule has 0 spiro atoms. The highest BCUT2D eigenvalue weighted by Gasteiger charge is 2.26. The van der Waals surface area contributed by atoms with E-state index >= 15 is 0 Å². The number of nitrogens with zero attached hydrogens (tertiary/aromatic N) is 1. The summed E-state index contributed by atoms with van der Waals surface area (Å²) in [7, 11) is -7.51. The molecule has 1 N–H and O–H groups in total. The van der Waals surface area contributed by atoms with Gasteiger partial charge in [0.05, 0.1) is 23.0 Å². The van der Waals surface area contributed by atoms with Gasteiger partial charge >= 0.3 is 0 Å². The Morgan fingerprint density at radius 3 is 2.04 bits per heavy atom. The van der Waals surface area contributed by atoms with E-state index in [1.54, 1.807) is 0 Å². The van der Waals surface area contributed by atoms with Crippen LogP contribution in [0.15, 0.2) is 58.3 Å². The van der Waals surface area contributed by atoms with Crippen LogP contribution in [0.2, 0.25) is 0 Å².